The van der Waals surface area contributed by atoms with Gasteiger partial charge in [0.1, 0.15) is 5.82 Å². The van der Waals surface area contributed by atoms with Crippen molar-refractivity contribution in [2.24, 2.45) is 0 Å². The quantitative estimate of drug-likeness (QED) is 0.776. The Morgan fingerprint density at radius 3 is 2.77 bits per heavy atom. The van der Waals surface area contributed by atoms with Crippen molar-refractivity contribution in [2.75, 3.05) is 6.54 Å². The lowest BCUT2D eigenvalue weighted by Crippen LogP contribution is -2.26. The summed E-state index contributed by atoms with van der Waals surface area (Å²) in [4.78, 5) is 20.0. The molecular formula is C18H19N3O. The standard InChI is InChI=1S/C18H19N3O/c1-12-6-5-7-14(13(12)2)18(22)19-11-10-17-20-15-8-3-4-9-16(15)21-17/h3-9H,10-11H2,1-2H3,(H,19,22)(H,20,21). The van der Waals surface area contributed by atoms with Gasteiger partial charge in [-0.3, -0.25) is 4.79 Å². The minimum atomic E-state index is -0.0303. The van der Waals surface area contributed by atoms with Crippen molar-refractivity contribution in [3.8, 4) is 0 Å². The van der Waals surface area contributed by atoms with Gasteiger partial charge in [-0.2, -0.15) is 0 Å². The number of amides is 1. The van der Waals surface area contributed by atoms with Crippen LogP contribution in [0, 0.1) is 13.8 Å². The van der Waals surface area contributed by atoms with Gasteiger partial charge in [0.25, 0.3) is 5.91 Å². The third-order valence-corrected chi connectivity index (χ3v) is 3.94. The minimum Gasteiger partial charge on any atom is -0.352 e. The molecule has 0 radical (unpaired) electrons. The van der Waals surface area contributed by atoms with Crippen LogP contribution in [-0.2, 0) is 6.42 Å². The van der Waals surface area contributed by atoms with E-state index >= 15 is 0 Å². The molecule has 0 aliphatic carbocycles. The van der Waals surface area contributed by atoms with E-state index in [0.29, 0.717) is 13.0 Å². The first-order valence-electron chi connectivity index (χ1n) is 7.43. The summed E-state index contributed by atoms with van der Waals surface area (Å²) < 4.78 is 0. The number of aromatic nitrogens is 2. The maximum Gasteiger partial charge on any atom is 0.251 e. The van der Waals surface area contributed by atoms with Crippen LogP contribution in [0.25, 0.3) is 11.0 Å². The molecule has 22 heavy (non-hydrogen) atoms. The lowest BCUT2D eigenvalue weighted by molar-refractivity contribution is 0.0953. The van der Waals surface area contributed by atoms with E-state index in [1.807, 2.05) is 56.3 Å². The average Bonchev–Trinajstić information content (AvgIpc) is 2.92. The van der Waals surface area contributed by atoms with Crippen molar-refractivity contribution in [1.29, 1.82) is 0 Å². The molecule has 3 aromatic rings. The highest BCUT2D eigenvalue weighted by Crippen LogP contribution is 2.13. The second kappa shape index (κ2) is 6.02. The van der Waals surface area contributed by atoms with Gasteiger partial charge in [-0.15, -0.1) is 0 Å². The van der Waals surface area contributed by atoms with Crippen LogP contribution in [0.1, 0.15) is 27.3 Å². The summed E-state index contributed by atoms with van der Waals surface area (Å²) in [5.74, 6) is 0.861. The van der Waals surface area contributed by atoms with Gasteiger partial charge in [-0.1, -0.05) is 24.3 Å². The van der Waals surface area contributed by atoms with Crippen LogP contribution >= 0.6 is 0 Å². The number of hydrogen-bond donors (Lipinski definition) is 2. The van der Waals surface area contributed by atoms with E-state index in [-0.39, 0.29) is 5.91 Å². The molecule has 0 saturated heterocycles. The molecule has 0 bridgehead atoms. The van der Waals surface area contributed by atoms with Crippen molar-refractivity contribution in [1.82, 2.24) is 15.3 Å². The number of nitrogens with one attached hydrogen (secondary N) is 2. The monoisotopic (exact) mass is 293 g/mol. The highest BCUT2D eigenvalue weighted by molar-refractivity contribution is 5.95. The molecule has 1 amide bonds. The van der Waals surface area contributed by atoms with Gasteiger partial charge >= 0.3 is 0 Å². The van der Waals surface area contributed by atoms with Crippen LogP contribution in [0.3, 0.4) is 0 Å². The number of H-pyrrole nitrogens is 1. The number of carbonyl (C=O) groups excluding carboxylic acids is 1. The van der Waals surface area contributed by atoms with Crippen molar-refractivity contribution < 1.29 is 4.79 Å². The topological polar surface area (TPSA) is 57.8 Å². The molecule has 0 spiro atoms. The smallest absolute Gasteiger partial charge is 0.251 e. The van der Waals surface area contributed by atoms with E-state index < -0.39 is 0 Å². The SMILES string of the molecule is Cc1cccc(C(=O)NCCc2nc3ccccc3[nH]2)c1C. The molecule has 1 aromatic heterocycles. The zero-order valence-electron chi connectivity index (χ0n) is 12.8. The average molecular weight is 293 g/mol. The number of fused-ring (bicyclic) bond motifs is 1. The summed E-state index contributed by atoms with van der Waals surface area (Å²) in [7, 11) is 0. The normalized spacial score (nSPS) is 10.8. The molecule has 3 rings (SSSR count). The van der Waals surface area contributed by atoms with Crippen LogP contribution < -0.4 is 5.32 Å². The zero-order chi connectivity index (χ0) is 15.5. The number of para-hydroxylation sites is 2. The molecule has 0 aliphatic rings. The summed E-state index contributed by atoms with van der Waals surface area (Å²) in [6, 6.07) is 13.7. The molecule has 112 valence electrons. The Morgan fingerprint density at radius 2 is 1.95 bits per heavy atom. The molecule has 0 fully saturated rings. The molecule has 4 nitrogen and oxygen atoms in total. The van der Waals surface area contributed by atoms with E-state index in [0.717, 1.165) is 33.5 Å². The largest absolute Gasteiger partial charge is 0.352 e. The predicted molar refractivity (Wildman–Crippen MR) is 88.0 cm³/mol. The first-order chi connectivity index (χ1) is 10.6. The zero-order valence-corrected chi connectivity index (χ0v) is 12.8. The number of imidazole rings is 1. The van der Waals surface area contributed by atoms with Gasteiger partial charge in [0, 0.05) is 18.5 Å². The molecule has 2 N–H and O–H groups in total. The minimum absolute atomic E-state index is 0.0303. The maximum atomic E-state index is 12.2. The molecule has 0 atom stereocenters. The van der Waals surface area contributed by atoms with Gasteiger partial charge in [-0.05, 0) is 43.2 Å². The summed E-state index contributed by atoms with van der Waals surface area (Å²) in [5, 5.41) is 2.96. The molecule has 0 saturated carbocycles. The predicted octanol–water partition coefficient (Wildman–Crippen LogP) is 3.15. The molecular weight excluding hydrogens is 274 g/mol. The van der Waals surface area contributed by atoms with Gasteiger partial charge in [0.05, 0.1) is 11.0 Å². The van der Waals surface area contributed by atoms with E-state index in [4.69, 9.17) is 0 Å². The van der Waals surface area contributed by atoms with Crippen LogP contribution in [0.5, 0.6) is 0 Å². The van der Waals surface area contributed by atoms with Crippen LogP contribution in [0.4, 0.5) is 0 Å². The highest BCUT2D eigenvalue weighted by atomic mass is 16.1. The Morgan fingerprint density at radius 1 is 1.14 bits per heavy atom. The first kappa shape index (κ1) is 14.3. The Bertz CT molecular complexity index is 787. The lowest BCUT2D eigenvalue weighted by Gasteiger charge is -2.08. The van der Waals surface area contributed by atoms with E-state index in [2.05, 4.69) is 15.3 Å². The fourth-order valence-corrected chi connectivity index (χ4v) is 2.51. The number of aromatic amines is 1. The fraction of sp³-hybridized carbons (Fsp3) is 0.222. The second-order valence-electron chi connectivity index (χ2n) is 5.45. The Balaban J connectivity index is 1.63. The third-order valence-electron chi connectivity index (χ3n) is 3.94. The number of hydrogen-bond acceptors (Lipinski definition) is 2. The van der Waals surface area contributed by atoms with Gasteiger partial charge in [0.2, 0.25) is 0 Å². The lowest BCUT2D eigenvalue weighted by atomic mass is 10.0. The Kier molecular flexibility index (Phi) is 3.92. The van der Waals surface area contributed by atoms with Crippen molar-refractivity contribution in [3.05, 3.63) is 65.0 Å². The summed E-state index contributed by atoms with van der Waals surface area (Å²) >= 11 is 0. The van der Waals surface area contributed by atoms with E-state index in [9.17, 15) is 4.79 Å². The van der Waals surface area contributed by atoms with Gasteiger partial charge < -0.3 is 10.3 Å². The Hall–Kier alpha value is -2.62. The fourth-order valence-electron chi connectivity index (χ4n) is 2.51. The first-order valence-corrected chi connectivity index (χ1v) is 7.43. The number of aryl methyl sites for hydroxylation is 1. The molecule has 4 heteroatoms. The summed E-state index contributed by atoms with van der Waals surface area (Å²) in [6.07, 6.45) is 0.686. The Labute approximate surface area is 129 Å². The number of benzene rings is 2. The van der Waals surface area contributed by atoms with Crippen molar-refractivity contribution in [2.45, 2.75) is 20.3 Å². The molecule has 0 aliphatic heterocycles. The molecule has 1 heterocycles. The van der Waals surface area contributed by atoms with Gasteiger partial charge in [0.15, 0.2) is 0 Å². The second-order valence-corrected chi connectivity index (χ2v) is 5.45. The van der Waals surface area contributed by atoms with Crippen LogP contribution in [-0.4, -0.2) is 22.4 Å². The van der Waals surface area contributed by atoms with Crippen LogP contribution in [0.15, 0.2) is 42.5 Å². The van der Waals surface area contributed by atoms with Crippen molar-refractivity contribution >= 4 is 16.9 Å². The number of rotatable bonds is 4. The van der Waals surface area contributed by atoms with Crippen LogP contribution in [0.2, 0.25) is 0 Å². The molecule has 0 unspecified atom stereocenters. The summed E-state index contributed by atoms with van der Waals surface area (Å²) in [5.41, 5.74) is 4.88. The summed E-state index contributed by atoms with van der Waals surface area (Å²) in [6.45, 7) is 4.55. The number of nitrogens with zero attached hydrogens (tertiary/aromatic N) is 1. The van der Waals surface area contributed by atoms with E-state index in [1.54, 1.807) is 0 Å². The third kappa shape index (κ3) is 2.86. The highest BCUT2D eigenvalue weighted by Gasteiger charge is 2.10. The molecule has 2 aromatic carbocycles. The number of carbonyl (C=O) groups is 1. The van der Waals surface area contributed by atoms with Crippen molar-refractivity contribution in [3.63, 3.8) is 0 Å². The van der Waals surface area contributed by atoms with Gasteiger partial charge in [-0.25, -0.2) is 4.98 Å². The maximum absolute atomic E-state index is 12.2. The van der Waals surface area contributed by atoms with E-state index in [1.165, 1.54) is 0 Å².